The van der Waals surface area contributed by atoms with Gasteiger partial charge in [0.05, 0.1) is 6.61 Å². The number of nitrogens with one attached hydrogen (secondary N) is 2. The van der Waals surface area contributed by atoms with Crippen molar-refractivity contribution in [3.05, 3.63) is 10.5 Å². The van der Waals surface area contributed by atoms with Crippen LogP contribution in [-0.2, 0) is 9.53 Å². The van der Waals surface area contributed by atoms with Gasteiger partial charge in [0.15, 0.2) is 5.13 Å². The van der Waals surface area contributed by atoms with Gasteiger partial charge in [-0.3, -0.25) is 4.79 Å². The van der Waals surface area contributed by atoms with Gasteiger partial charge in [-0.25, -0.2) is 4.98 Å². The van der Waals surface area contributed by atoms with Crippen LogP contribution in [0.5, 0.6) is 0 Å². The zero-order valence-corrected chi connectivity index (χ0v) is 10.7. The smallest absolute Gasteiger partial charge is 0.242 e. The molecule has 0 fully saturated rings. The summed E-state index contributed by atoms with van der Waals surface area (Å²) < 4.78 is 4.83. The van der Waals surface area contributed by atoms with Crippen LogP contribution < -0.4 is 10.6 Å². The number of thiazole rings is 1. The number of methoxy groups -OCH3 is 1. The molecular formula is C9H14ClN3O2S. The van der Waals surface area contributed by atoms with Crippen molar-refractivity contribution < 1.29 is 9.53 Å². The molecule has 5 nitrogen and oxygen atoms in total. The minimum atomic E-state index is -0.348. The molecule has 0 spiro atoms. The van der Waals surface area contributed by atoms with Crippen molar-refractivity contribution in [3.63, 3.8) is 0 Å². The lowest BCUT2D eigenvalue weighted by Gasteiger charge is -2.12. The summed E-state index contributed by atoms with van der Waals surface area (Å²) in [6, 6.07) is -0.348. The maximum absolute atomic E-state index is 11.5. The second-order valence-electron chi connectivity index (χ2n) is 3.13. The highest BCUT2D eigenvalue weighted by atomic mass is 35.5. The number of halogens is 1. The molecule has 0 aliphatic heterocycles. The Hall–Kier alpha value is -0.850. The lowest BCUT2D eigenvalue weighted by atomic mass is 10.3. The molecule has 2 N–H and O–H groups in total. The van der Waals surface area contributed by atoms with Crippen LogP contribution in [0.1, 0.15) is 6.92 Å². The molecule has 1 aromatic rings. The lowest BCUT2D eigenvalue weighted by molar-refractivity contribution is -0.121. The topological polar surface area (TPSA) is 63.2 Å². The summed E-state index contributed by atoms with van der Waals surface area (Å²) in [7, 11) is 1.59. The van der Waals surface area contributed by atoms with E-state index in [9.17, 15) is 4.79 Å². The standard InChI is InChI=1S/C9H14ClN3O2S/c1-6(8(14)11-3-4-15-2)12-9-13-7(10)5-16-9/h5-6H,3-4H2,1-2H3,(H,11,14)(H,12,13). The molecule has 0 bridgehead atoms. The Morgan fingerprint density at radius 2 is 2.50 bits per heavy atom. The van der Waals surface area contributed by atoms with Crippen molar-refractivity contribution in [2.45, 2.75) is 13.0 Å². The molecule has 0 aromatic carbocycles. The number of hydrogen-bond donors (Lipinski definition) is 2. The van der Waals surface area contributed by atoms with Gasteiger partial charge in [0.2, 0.25) is 5.91 Å². The number of carbonyl (C=O) groups is 1. The zero-order chi connectivity index (χ0) is 12.0. The highest BCUT2D eigenvalue weighted by molar-refractivity contribution is 7.14. The van der Waals surface area contributed by atoms with Gasteiger partial charge in [0.1, 0.15) is 11.2 Å². The van der Waals surface area contributed by atoms with E-state index in [1.165, 1.54) is 11.3 Å². The lowest BCUT2D eigenvalue weighted by Crippen LogP contribution is -2.38. The average molecular weight is 264 g/mol. The summed E-state index contributed by atoms with van der Waals surface area (Å²) >= 11 is 7.03. The Morgan fingerprint density at radius 1 is 1.75 bits per heavy atom. The van der Waals surface area contributed by atoms with Gasteiger partial charge in [0.25, 0.3) is 0 Å². The molecular weight excluding hydrogens is 250 g/mol. The molecule has 1 rings (SSSR count). The van der Waals surface area contributed by atoms with E-state index in [-0.39, 0.29) is 11.9 Å². The van der Waals surface area contributed by atoms with Crippen LogP contribution in [0.25, 0.3) is 0 Å². The average Bonchev–Trinajstić information content (AvgIpc) is 2.64. The fraction of sp³-hybridized carbons (Fsp3) is 0.556. The van der Waals surface area contributed by atoms with E-state index in [1.807, 2.05) is 0 Å². The molecule has 1 unspecified atom stereocenters. The number of carbonyl (C=O) groups excluding carboxylic acids is 1. The normalized spacial score (nSPS) is 12.2. The first-order chi connectivity index (χ1) is 7.63. The number of rotatable bonds is 6. The Morgan fingerprint density at radius 3 is 3.06 bits per heavy atom. The summed E-state index contributed by atoms with van der Waals surface area (Å²) in [6.07, 6.45) is 0. The van der Waals surface area contributed by atoms with Crippen LogP contribution in [0.3, 0.4) is 0 Å². The fourth-order valence-electron chi connectivity index (χ4n) is 1.00. The first kappa shape index (κ1) is 13.2. The fourth-order valence-corrected chi connectivity index (χ4v) is 1.93. The first-order valence-electron chi connectivity index (χ1n) is 4.77. The molecule has 0 aliphatic rings. The zero-order valence-electron chi connectivity index (χ0n) is 9.12. The maximum Gasteiger partial charge on any atom is 0.242 e. The number of ether oxygens (including phenoxy) is 1. The SMILES string of the molecule is COCCNC(=O)C(C)Nc1nc(Cl)cs1. The molecule has 1 aromatic heterocycles. The highest BCUT2D eigenvalue weighted by Crippen LogP contribution is 2.19. The van der Waals surface area contributed by atoms with Gasteiger partial charge < -0.3 is 15.4 Å². The van der Waals surface area contributed by atoms with E-state index >= 15 is 0 Å². The second-order valence-corrected chi connectivity index (χ2v) is 4.37. The molecule has 7 heteroatoms. The summed E-state index contributed by atoms with van der Waals surface area (Å²) in [5.74, 6) is -0.0941. The number of nitrogens with zero attached hydrogens (tertiary/aromatic N) is 1. The van der Waals surface area contributed by atoms with Crippen LogP contribution >= 0.6 is 22.9 Å². The predicted molar refractivity (Wildman–Crippen MR) is 65.1 cm³/mol. The minimum Gasteiger partial charge on any atom is -0.383 e. The summed E-state index contributed by atoms with van der Waals surface area (Å²) in [5.41, 5.74) is 0. The molecule has 0 saturated heterocycles. The quantitative estimate of drug-likeness (QED) is 0.761. The third-order valence-electron chi connectivity index (χ3n) is 1.81. The van der Waals surface area contributed by atoms with Crippen molar-refractivity contribution in [1.82, 2.24) is 10.3 Å². The van der Waals surface area contributed by atoms with E-state index in [2.05, 4.69) is 15.6 Å². The van der Waals surface area contributed by atoms with Crippen LogP contribution in [0, 0.1) is 0 Å². The van der Waals surface area contributed by atoms with Crippen molar-refractivity contribution in [2.75, 3.05) is 25.6 Å². The Balaban J connectivity index is 2.34. The van der Waals surface area contributed by atoms with Gasteiger partial charge in [-0.2, -0.15) is 0 Å². The molecule has 16 heavy (non-hydrogen) atoms. The highest BCUT2D eigenvalue weighted by Gasteiger charge is 2.13. The van der Waals surface area contributed by atoms with E-state index in [4.69, 9.17) is 16.3 Å². The van der Waals surface area contributed by atoms with E-state index in [0.717, 1.165) is 0 Å². The third-order valence-corrected chi connectivity index (χ3v) is 2.91. The third kappa shape index (κ3) is 4.34. The Bertz CT molecular complexity index is 345. The van der Waals surface area contributed by atoms with Gasteiger partial charge in [-0.1, -0.05) is 11.6 Å². The van der Waals surface area contributed by atoms with E-state index < -0.39 is 0 Å². The Kier molecular flexibility index (Phi) is 5.51. The van der Waals surface area contributed by atoms with Gasteiger partial charge in [-0.15, -0.1) is 11.3 Å². The second kappa shape index (κ2) is 6.67. The number of anilines is 1. The van der Waals surface area contributed by atoms with Crippen LogP contribution in [0.2, 0.25) is 5.15 Å². The maximum atomic E-state index is 11.5. The molecule has 1 heterocycles. The number of amides is 1. The van der Waals surface area contributed by atoms with Crippen molar-refractivity contribution in [1.29, 1.82) is 0 Å². The molecule has 0 saturated carbocycles. The molecule has 0 aliphatic carbocycles. The molecule has 1 amide bonds. The van der Waals surface area contributed by atoms with Crippen molar-refractivity contribution >= 4 is 34.0 Å². The molecule has 90 valence electrons. The molecule has 0 radical (unpaired) electrons. The van der Waals surface area contributed by atoms with E-state index in [1.54, 1.807) is 19.4 Å². The molecule has 1 atom stereocenters. The Labute approximate surface area is 103 Å². The number of hydrogen-bond acceptors (Lipinski definition) is 5. The van der Waals surface area contributed by atoms with Crippen molar-refractivity contribution in [2.24, 2.45) is 0 Å². The largest absolute Gasteiger partial charge is 0.383 e. The van der Waals surface area contributed by atoms with Crippen molar-refractivity contribution in [3.8, 4) is 0 Å². The number of aromatic nitrogens is 1. The van der Waals surface area contributed by atoms with Gasteiger partial charge >= 0.3 is 0 Å². The predicted octanol–water partition coefficient (Wildman–Crippen LogP) is 1.36. The van der Waals surface area contributed by atoms with Crippen LogP contribution in [0.4, 0.5) is 5.13 Å². The van der Waals surface area contributed by atoms with Crippen LogP contribution in [-0.4, -0.2) is 37.2 Å². The summed E-state index contributed by atoms with van der Waals surface area (Å²) in [4.78, 5) is 15.5. The minimum absolute atomic E-state index is 0.0941. The summed E-state index contributed by atoms with van der Waals surface area (Å²) in [5, 5.41) is 8.46. The monoisotopic (exact) mass is 263 g/mol. The summed E-state index contributed by atoms with van der Waals surface area (Å²) in [6.45, 7) is 2.76. The van der Waals surface area contributed by atoms with E-state index in [0.29, 0.717) is 23.4 Å². The van der Waals surface area contributed by atoms with Gasteiger partial charge in [0, 0.05) is 19.0 Å². The van der Waals surface area contributed by atoms with Crippen LogP contribution in [0.15, 0.2) is 5.38 Å². The van der Waals surface area contributed by atoms with Gasteiger partial charge in [-0.05, 0) is 6.92 Å². The first-order valence-corrected chi connectivity index (χ1v) is 6.03.